The van der Waals surface area contributed by atoms with Gasteiger partial charge in [-0.05, 0) is 60.4 Å². The van der Waals surface area contributed by atoms with Gasteiger partial charge < -0.3 is 30.0 Å². The van der Waals surface area contributed by atoms with Crippen molar-refractivity contribution in [1.82, 2.24) is 5.32 Å². The van der Waals surface area contributed by atoms with E-state index < -0.39 is 11.9 Å². The standard InChI is InChI=1S/C28H28N4O6/c29-24(14-32(30)20-5-4-8-22(12-20)38-21-6-2-1-3-7-21)28(34)31-27-19(15-35-16-33)10-9-18-11-25-26(13-23(18)27)37-17-36-25/h1-8,11-14,16,19,27H,9-10,15,17,29-30H2,(H,31,34)/b24-14-. The fourth-order valence-electron chi connectivity index (χ4n) is 4.65. The summed E-state index contributed by atoms with van der Waals surface area (Å²) in [5.41, 5.74) is 8.53. The first-order valence-electron chi connectivity index (χ1n) is 12.1. The monoisotopic (exact) mass is 516 g/mol. The van der Waals surface area contributed by atoms with Crippen molar-refractivity contribution in [3.05, 3.63) is 89.8 Å². The lowest BCUT2D eigenvalue weighted by Gasteiger charge is -2.34. The fraction of sp³-hybridized carbons (Fsp3) is 0.214. The second-order valence-corrected chi connectivity index (χ2v) is 8.99. The van der Waals surface area contributed by atoms with E-state index in [1.807, 2.05) is 42.5 Å². The van der Waals surface area contributed by atoms with Gasteiger partial charge in [0, 0.05) is 18.2 Å². The number of nitrogens with two attached hydrogens (primary N) is 2. The van der Waals surface area contributed by atoms with Crippen LogP contribution in [0.2, 0.25) is 0 Å². The molecule has 196 valence electrons. The minimum absolute atomic E-state index is 0.0928. The van der Waals surface area contributed by atoms with E-state index >= 15 is 0 Å². The highest BCUT2D eigenvalue weighted by Gasteiger charge is 2.34. The van der Waals surface area contributed by atoms with Gasteiger partial charge in [-0.25, -0.2) is 5.84 Å². The van der Waals surface area contributed by atoms with E-state index in [0.717, 1.165) is 17.5 Å². The number of nitrogens with one attached hydrogen (secondary N) is 1. The van der Waals surface area contributed by atoms with Gasteiger partial charge in [0.2, 0.25) is 6.79 Å². The Bertz CT molecular complexity index is 1350. The Morgan fingerprint density at radius 2 is 1.82 bits per heavy atom. The molecule has 2 atom stereocenters. The molecule has 5 rings (SSSR count). The van der Waals surface area contributed by atoms with Crippen molar-refractivity contribution in [2.75, 3.05) is 18.4 Å². The number of ether oxygens (including phenoxy) is 4. The minimum Gasteiger partial charge on any atom is -0.468 e. The molecule has 1 heterocycles. The van der Waals surface area contributed by atoms with Crippen LogP contribution in [-0.4, -0.2) is 25.8 Å². The third-order valence-electron chi connectivity index (χ3n) is 6.53. The maximum Gasteiger partial charge on any atom is 0.293 e. The van der Waals surface area contributed by atoms with Gasteiger partial charge in [0.15, 0.2) is 11.5 Å². The molecule has 0 spiro atoms. The zero-order valence-corrected chi connectivity index (χ0v) is 20.5. The molecule has 3 aromatic carbocycles. The molecule has 0 radical (unpaired) electrons. The van der Waals surface area contributed by atoms with Gasteiger partial charge in [0.05, 0.1) is 18.3 Å². The Labute approximate surface area is 219 Å². The fourth-order valence-corrected chi connectivity index (χ4v) is 4.65. The number of fused-ring (bicyclic) bond motifs is 2. The molecule has 0 fully saturated rings. The minimum atomic E-state index is -0.510. The molecule has 38 heavy (non-hydrogen) atoms. The van der Waals surface area contributed by atoms with Crippen molar-refractivity contribution in [3.63, 3.8) is 0 Å². The zero-order chi connectivity index (χ0) is 26.5. The molecular formula is C28H28N4O6. The molecule has 0 saturated carbocycles. The largest absolute Gasteiger partial charge is 0.468 e. The highest BCUT2D eigenvalue weighted by molar-refractivity contribution is 5.93. The van der Waals surface area contributed by atoms with E-state index in [4.69, 9.17) is 30.5 Å². The van der Waals surface area contributed by atoms with E-state index in [-0.39, 0.29) is 25.0 Å². The molecular weight excluding hydrogens is 488 g/mol. The van der Waals surface area contributed by atoms with Crippen LogP contribution in [0, 0.1) is 5.92 Å². The first-order valence-corrected chi connectivity index (χ1v) is 12.1. The lowest BCUT2D eigenvalue weighted by Crippen LogP contribution is -2.41. The second-order valence-electron chi connectivity index (χ2n) is 8.99. The average Bonchev–Trinajstić information content (AvgIpc) is 3.39. The summed E-state index contributed by atoms with van der Waals surface area (Å²) >= 11 is 0. The van der Waals surface area contributed by atoms with E-state index in [9.17, 15) is 9.59 Å². The summed E-state index contributed by atoms with van der Waals surface area (Å²) in [6, 6.07) is 19.8. The van der Waals surface area contributed by atoms with Crippen LogP contribution in [0.4, 0.5) is 5.69 Å². The normalized spacial score (nSPS) is 17.8. The number of para-hydroxylation sites is 1. The van der Waals surface area contributed by atoms with Crippen LogP contribution in [0.25, 0.3) is 0 Å². The third kappa shape index (κ3) is 5.50. The van der Waals surface area contributed by atoms with Crippen molar-refractivity contribution in [2.24, 2.45) is 17.5 Å². The number of rotatable bonds is 9. The van der Waals surface area contributed by atoms with Crippen LogP contribution >= 0.6 is 0 Å². The lowest BCUT2D eigenvalue weighted by atomic mass is 9.79. The number of hydrazine groups is 1. The molecule has 1 amide bonds. The number of aryl methyl sites for hydroxylation is 1. The summed E-state index contributed by atoms with van der Waals surface area (Å²) in [5, 5.41) is 4.25. The van der Waals surface area contributed by atoms with Crippen molar-refractivity contribution >= 4 is 18.1 Å². The predicted octanol–water partition coefficient (Wildman–Crippen LogP) is 3.28. The molecule has 2 unspecified atom stereocenters. The van der Waals surface area contributed by atoms with E-state index in [1.54, 1.807) is 24.3 Å². The summed E-state index contributed by atoms with van der Waals surface area (Å²) in [6.45, 7) is 0.708. The average molecular weight is 517 g/mol. The maximum absolute atomic E-state index is 13.2. The number of benzene rings is 3. The Kier molecular flexibility index (Phi) is 7.32. The SMILES string of the molecule is N/C(=C\N(N)c1cccc(Oc2ccccc2)c1)C(=O)NC1c2cc3c(cc2CCC1COC=O)OCO3. The third-order valence-corrected chi connectivity index (χ3v) is 6.53. The van der Waals surface area contributed by atoms with Gasteiger partial charge in [0.25, 0.3) is 12.4 Å². The topological polar surface area (TPSA) is 138 Å². The molecule has 0 saturated heterocycles. The first-order chi connectivity index (χ1) is 18.5. The molecule has 1 aliphatic heterocycles. The number of carbonyl (C=O) groups is 2. The molecule has 2 aliphatic rings. The zero-order valence-electron chi connectivity index (χ0n) is 20.5. The molecule has 10 heteroatoms. The number of hydrogen-bond acceptors (Lipinski definition) is 9. The quantitative estimate of drug-likeness (QED) is 0.169. The van der Waals surface area contributed by atoms with E-state index in [2.05, 4.69) is 5.32 Å². The van der Waals surface area contributed by atoms with Gasteiger partial charge in [-0.3, -0.25) is 14.6 Å². The Hall–Kier alpha value is -4.70. The Morgan fingerprint density at radius 3 is 2.61 bits per heavy atom. The summed E-state index contributed by atoms with van der Waals surface area (Å²) in [4.78, 5) is 24.0. The summed E-state index contributed by atoms with van der Waals surface area (Å²) in [6.07, 6.45) is 2.79. The molecule has 5 N–H and O–H groups in total. The van der Waals surface area contributed by atoms with Crippen molar-refractivity contribution in [2.45, 2.75) is 18.9 Å². The number of anilines is 1. The Morgan fingerprint density at radius 1 is 1.05 bits per heavy atom. The molecule has 0 aromatic heterocycles. The highest BCUT2D eigenvalue weighted by atomic mass is 16.7. The van der Waals surface area contributed by atoms with Gasteiger partial charge in [-0.1, -0.05) is 24.3 Å². The van der Waals surface area contributed by atoms with E-state index in [0.29, 0.717) is 41.6 Å². The van der Waals surface area contributed by atoms with Crippen molar-refractivity contribution in [1.29, 1.82) is 0 Å². The number of hydrogen-bond donors (Lipinski definition) is 3. The maximum atomic E-state index is 13.2. The smallest absolute Gasteiger partial charge is 0.293 e. The van der Waals surface area contributed by atoms with Crippen molar-refractivity contribution in [3.8, 4) is 23.0 Å². The van der Waals surface area contributed by atoms with Crippen LogP contribution in [0.15, 0.2) is 78.6 Å². The first kappa shape index (κ1) is 25.0. The second kappa shape index (κ2) is 11.1. The Balaban J connectivity index is 1.33. The van der Waals surface area contributed by atoms with Crippen LogP contribution in [0.5, 0.6) is 23.0 Å². The van der Waals surface area contributed by atoms with Crippen LogP contribution in [0.3, 0.4) is 0 Å². The van der Waals surface area contributed by atoms with Gasteiger partial charge in [-0.2, -0.15) is 0 Å². The van der Waals surface area contributed by atoms with Crippen LogP contribution in [-0.2, 0) is 20.7 Å². The molecule has 0 bridgehead atoms. The van der Waals surface area contributed by atoms with Crippen LogP contribution in [0.1, 0.15) is 23.6 Å². The van der Waals surface area contributed by atoms with Crippen LogP contribution < -0.4 is 36.1 Å². The summed E-state index contributed by atoms with van der Waals surface area (Å²) in [7, 11) is 0. The van der Waals surface area contributed by atoms with Gasteiger partial charge in [0.1, 0.15) is 17.2 Å². The molecule has 10 nitrogen and oxygen atoms in total. The number of carbonyl (C=O) groups excluding carboxylic acids is 2. The summed E-state index contributed by atoms with van der Waals surface area (Å²) in [5.74, 6) is 8.10. The van der Waals surface area contributed by atoms with E-state index in [1.165, 1.54) is 11.2 Å². The van der Waals surface area contributed by atoms with Gasteiger partial charge >= 0.3 is 0 Å². The molecule has 3 aromatic rings. The lowest BCUT2D eigenvalue weighted by molar-refractivity contribution is -0.130. The van der Waals surface area contributed by atoms with Crippen molar-refractivity contribution < 1.29 is 28.5 Å². The number of amides is 1. The number of nitrogens with zero attached hydrogens (tertiary/aromatic N) is 1. The predicted molar refractivity (Wildman–Crippen MR) is 139 cm³/mol. The molecule has 1 aliphatic carbocycles. The van der Waals surface area contributed by atoms with Gasteiger partial charge in [-0.15, -0.1) is 0 Å². The highest BCUT2D eigenvalue weighted by Crippen LogP contribution is 2.42. The summed E-state index contributed by atoms with van der Waals surface area (Å²) < 4.78 is 22.0.